The van der Waals surface area contributed by atoms with E-state index in [9.17, 15) is 14.4 Å². The molecule has 14 heteroatoms. The van der Waals surface area contributed by atoms with Crippen molar-refractivity contribution in [3.8, 4) is 11.5 Å². The van der Waals surface area contributed by atoms with Gasteiger partial charge in [0, 0.05) is 19.0 Å². The van der Waals surface area contributed by atoms with Crippen LogP contribution in [-0.4, -0.2) is 72.1 Å². The number of H-pyrrole nitrogens is 1. The van der Waals surface area contributed by atoms with Crippen molar-refractivity contribution in [2.75, 3.05) is 38.1 Å². The molecule has 3 N–H and O–H groups in total. The molecule has 0 spiro atoms. The topological polar surface area (TPSA) is 153 Å². The highest BCUT2D eigenvalue weighted by molar-refractivity contribution is 7.44. The van der Waals surface area contributed by atoms with Crippen molar-refractivity contribution in [1.82, 2.24) is 14.6 Å². The third-order valence-electron chi connectivity index (χ3n) is 8.04. The molecule has 3 aromatic carbocycles. The average Bonchev–Trinajstić information content (AvgIpc) is 3.14. The number of aromatic amines is 1. The normalized spacial score (nSPS) is 12.7. The number of methoxy groups -OCH3 is 2. The number of nitrogens with zero attached hydrogens (tertiary/aromatic N) is 2. The molecule has 1 heterocycles. The van der Waals surface area contributed by atoms with Gasteiger partial charge in [0.05, 0.1) is 33.6 Å². The smallest absolute Gasteiger partial charge is 0.276 e. The van der Waals surface area contributed by atoms with Crippen LogP contribution >= 0.6 is 8.53 Å². The van der Waals surface area contributed by atoms with Gasteiger partial charge in [0.2, 0.25) is 11.9 Å². The quantitative estimate of drug-likeness (QED) is 0.0542. The van der Waals surface area contributed by atoms with Crippen molar-refractivity contribution in [2.24, 2.45) is 0 Å². The number of nitrogens with one attached hydrogen (secondary N) is 3. The van der Waals surface area contributed by atoms with Crippen LogP contribution in [-0.2, 0) is 29.0 Å². The highest BCUT2D eigenvalue weighted by Gasteiger charge is 2.41. The first-order chi connectivity index (χ1) is 25.4. The van der Waals surface area contributed by atoms with Gasteiger partial charge in [0.1, 0.15) is 22.8 Å². The number of ether oxygens (including phenoxy) is 3. The number of carbonyl (C=O) groups excluding carboxylic acids is 2. The molecule has 0 radical (unpaired) electrons. The van der Waals surface area contributed by atoms with Crippen LogP contribution in [0.5, 0.6) is 11.5 Å². The molecule has 0 fully saturated rings. The lowest BCUT2D eigenvalue weighted by molar-refractivity contribution is -0.128. The summed E-state index contributed by atoms with van der Waals surface area (Å²) in [5, 5.41) is 5.08. The second-order valence-electron chi connectivity index (χ2n) is 12.4. The van der Waals surface area contributed by atoms with Crippen LogP contribution < -0.4 is 25.7 Å². The number of aromatic nitrogens is 2. The van der Waals surface area contributed by atoms with Gasteiger partial charge < -0.3 is 28.6 Å². The molecular formula is C39H48N5O8P. The summed E-state index contributed by atoms with van der Waals surface area (Å²) < 4.78 is 32.8. The molecule has 2 amide bonds. The van der Waals surface area contributed by atoms with Crippen LogP contribution in [0.1, 0.15) is 51.3 Å². The van der Waals surface area contributed by atoms with E-state index in [1.165, 1.54) is 6.92 Å². The summed E-state index contributed by atoms with van der Waals surface area (Å²) in [6.07, 6.45) is 1.45. The first kappa shape index (κ1) is 40.9. The second kappa shape index (κ2) is 19.2. The van der Waals surface area contributed by atoms with Crippen molar-refractivity contribution in [3.05, 3.63) is 125 Å². The van der Waals surface area contributed by atoms with E-state index in [1.54, 1.807) is 20.3 Å². The number of amides is 2. The zero-order valence-electron chi connectivity index (χ0n) is 31.1. The van der Waals surface area contributed by atoms with Crippen LogP contribution in [0.25, 0.3) is 0 Å². The van der Waals surface area contributed by atoms with E-state index in [1.807, 2.05) is 111 Å². The minimum atomic E-state index is -1.86. The predicted molar refractivity (Wildman–Crippen MR) is 206 cm³/mol. The highest BCUT2D eigenvalue weighted by Crippen LogP contribution is 2.48. The largest absolute Gasteiger partial charge is 0.497 e. The van der Waals surface area contributed by atoms with Crippen molar-refractivity contribution >= 4 is 32.0 Å². The van der Waals surface area contributed by atoms with E-state index in [2.05, 4.69) is 27.2 Å². The van der Waals surface area contributed by atoms with Gasteiger partial charge in [-0.2, -0.15) is 0 Å². The van der Waals surface area contributed by atoms with Gasteiger partial charge in [-0.15, -0.1) is 6.58 Å². The molecule has 0 aliphatic carbocycles. The Kier molecular flexibility index (Phi) is 14.8. The van der Waals surface area contributed by atoms with Crippen molar-refractivity contribution in [2.45, 2.75) is 58.4 Å². The lowest BCUT2D eigenvalue weighted by Crippen LogP contribution is -2.42. The Labute approximate surface area is 311 Å². The minimum Gasteiger partial charge on any atom is -0.497 e. The molecule has 53 heavy (non-hydrogen) atoms. The van der Waals surface area contributed by atoms with E-state index >= 15 is 0 Å². The lowest BCUT2D eigenvalue weighted by atomic mass is 9.80. The zero-order valence-corrected chi connectivity index (χ0v) is 32.0. The van der Waals surface area contributed by atoms with Gasteiger partial charge in [-0.1, -0.05) is 60.7 Å². The summed E-state index contributed by atoms with van der Waals surface area (Å²) >= 11 is 0. The van der Waals surface area contributed by atoms with Crippen LogP contribution in [0, 0.1) is 0 Å². The fourth-order valence-corrected chi connectivity index (χ4v) is 7.37. The van der Waals surface area contributed by atoms with Gasteiger partial charge in [-0.25, -0.2) is 9.65 Å². The molecule has 0 bridgehead atoms. The van der Waals surface area contributed by atoms with E-state index in [0.29, 0.717) is 11.5 Å². The van der Waals surface area contributed by atoms with E-state index in [4.69, 9.17) is 23.3 Å². The first-order valence-electron chi connectivity index (χ1n) is 17.1. The molecule has 282 valence electrons. The number of benzene rings is 3. The van der Waals surface area contributed by atoms with E-state index in [-0.39, 0.29) is 36.9 Å². The molecule has 0 aliphatic heterocycles. The van der Waals surface area contributed by atoms with Crippen molar-refractivity contribution < 1.29 is 32.8 Å². The number of hydrogen-bond donors (Lipinski definition) is 3. The Balaban J connectivity index is 1.86. The van der Waals surface area contributed by atoms with Gasteiger partial charge >= 0.3 is 0 Å². The number of rotatable bonds is 19. The molecule has 4 aromatic rings. The minimum absolute atomic E-state index is 0.0223. The van der Waals surface area contributed by atoms with Crippen molar-refractivity contribution in [3.63, 3.8) is 0 Å². The molecular weight excluding hydrogens is 697 g/mol. The first-order valence-corrected chi connectivity index (χ1v) is 18.2. The standard InChI is InChI=1S/C39H48N5O8P/c1-9-23-51-53(44(26(2)3)27(4)5)52-35(37(47)42-34-24-40-38(41-28(6)45)43-36(34)46)25-50-39(29-13-11-10-12-14-29,30-15-19-32(48-7)20-16-30)31-17-21-33(49-8)22-18-31/h9-22,24,26-27,35H,1,23,25H2,2-8H3,(H,42,47)(H2,40,41,43,45,46)/t35-,53?/m1/s1. The SMILES string of the molecule is C=CCOP(O[C@H](COC(c1ccccc1)(c1ccc(OC)cc1)c1ccc(OC)cc1)C(=O)Nc1cnc(NC(C)=O)[nH]c1=O)N(C(C)C)C(C)C. The molecule has 4 rings (SSSR count). The average molecular weight is 746 g/mol. The number of anilines is 2. The van der Waals surface area contributed by atoms with Gasteiger partial charge in [0.15, 0.2) is 6.10 Å². The Hall–Kier alpha value is -4.91. The maximum atomic E-state index is 14.3. The third kappa shape index (κ3) is 10.4. The van der Waals surface area contributed by atoms with Crippen molar-refractivity contribution in [1.29, 1.82) is 0 Å². The molecule has 13 nitrogen and oxygen atoms in total. The summed E-state index contributed by atoms with van der Waals surface area (Å²) in [7, 11) is 1.33. The molecule has 1 unspecified atom stereocenters. The second-order valence-corrected chi connectivity index (χ2v) is 13.9. The molecule has 2 atom stereocenters. The van der Waals surface area contributed by atoms with Gasteiger partial charge in [0.25, 0.3) is 20.0 Å². The maximum Gasteiger partial charge on any atom is 0.276 e. The monoisotopic (exact) mass is 745 g/mol. The molecule has 1 aromatic heterocycles. The highest BCUT2D eigenvalue weighted by atomic mass is 31.2. The number of carbonyl (C=O) groups is 2. The van der Waals surface area contributed by atoms with Gasteiger partial charge in [-0.3, -0.25) is 24.7 Å². The van der Waals surface area contributed by atoms with Crippen LogP contribution in [0.2, 0.25) is 0 Å². The Morgan fingerprint density at radius 2 is 1.43 bits per heavy atom. The van der Waals surface area contributed by atoms with Crippen LogP contribution in [0.15, 0.2) is 103 Å². The summed E-state index contributed by atoms with van der Waals surface area (Å²) in [6.45, 7) is 13.0. The summed E-state index contributed by atoms with van der Waals surface area (Å²) in [4.78, 5) is 45.4. The number of hydrogen-bond acceptors (Lipinski definition) is 10. The summed E-state index contributed by atoms with van der Waals surface area (Å²) in [5.74, 6) is 0.148. The van der Waals surface area contributed by atoms with Crippen LogP contribution in [0.3, 0.4) is 0 Å². The lowest BCUT2D eigenvalue weighted by Gasteiger charge is -2.39. The molecule has 0 saturated heterocycles. The third-order valence-corrected chi connectivity index (χ3v) is 10.1. The van der Waals surface area contributed by atoms with E-state index < -0.39 is 37.6 Å². The summed E-state index contributed by atoms with van der Waals surface area (Å²) in [5.41, 5.74) is 0.167. The fraction of sp³-hybridized carbons (Fsp3) is 0.333. The summed E-state index contributed by atoms with van der Waals surface area (Å²) in [6, 6.07) is 24.6. The Bertz CT molecular complexity index is 1800. The van der Waals surface area contributed by atoms with Gasteiger partial charge in [-0.05, 0) is 68.7 Å². The van der Waals surface area contributed by atoms with Crippen LogP contribution in [0.4, 0.5) is 11.6 Å². The maximum absolute atomic E-state index is 14.3. The molecule has 0 aliphatic rings. The predicted octanol–water partition coefficient (Wildman–Crippen LogP) is 6.63. The Morgan fingerprint density at radius 3 is 1.91 bits per heavy atom. The Morgan fingerprint density at radius 1 is 0.887 bits per heavy atom. The zero-order chi connectivity index (χ0) is 38.5. The molecule has 0 saturated carbocycles. The van der Waals surface area contributed by atoms with E-state index in [0.717, 1.165) is 22.9 Å². The fourth-order valence-electron chi connectivity index (χ4n) is 5.71.